The summed E-state index contributed by atoms with van der Waals surface area (Å²) in [7, 11) is 0. The van der Waals surface area contributed by atoms with Crippen LogP contribution in [0.5, 0.6) is 0 Å². The van der Waals surface area contributed by atoms with Crippen molar-refractivity contribution in [2.24, 2.45) is 0 Å². The van der Waals surface area contributed by atoms with Crippen LogP contribution in [0.3, 0.4) is 0 Å². The van der Waals surface area contributed by atoms with Crippen LogP contribution in [0.15, 0.2) is 0 Å². The molecule has 1 aliphatic heterocycles. The lowest BCUT2D eigenvalue weighted by Crippen LogP contribution is -2.55. The summed E-state index contributed by atoms with van der Waals surface area (Å²) in [5, 5.41) is 58.5. The number of aliphatic carboxylic acids is 3. The fourth-order valence-electron chi connectivity index (χ4n) is 3.68. The van der Waals surface area contributed by atoms with Gasteiger partial charge in [0.05, 0.1) is 39.0 Å². The molecule has 15 nitrogen and oxygen atoms in total. The first-order valence-corrected chi connectivity index (χ1v) is 11.3. The van der Waals surface area contributed by atoms with Gasteiger partial charge in [-0.05, 0) is 0 Å². The van der Waals surface area contributed by atoms with E-state index in [2.05, 4.69) is 5.32 Å². The van der Waals surface area contributed by atoms with Crippen molar-refractivity contribution in [2.75, 3.05) is 91.8 Å². The number of carboxylic acid groups (broad SMARTS) is 3. The molecule has 1 fully saturated rings. The van der Waals surface area contributed by atoms with E-state index in [0.29, 0.717) is 0 Å². The number of hydrogen-bond donors (Lipinski definition) is 7. The summed E-state index contributed by atoms with van der Waals surface area (Å²) < 4.78 is 0. The Hall–Kier alpha value is -2.40. The van der Waals surface area contributed by atoms with Gasteiger partial charge in [0.1, 0.15) is 6.04 Å². The highest BCUT2D eigenvalue weighted by molar-refractivity contribution is 5.81. The van der Waals surface area contributed by atoms with Gasteiger partial charge in [0.15, 0.2) is 0 Å². The molecule has 2 atom stereocenters. The third kappa shape index (κ3) is 12.7. The van der Waals surface area contributed by atoms with Crippen molar-refractivity contribution in [1.82, 2.24) is 24.9 Å². The number of carboxylic acids is 3. The third-order valence-electron chi connectivity index (χ3n) is 5.59. The molecule has 1 amide bonds. The zero-order valence-electron chi connectivity index (χ0n) is 19.7. The van der Waals surface area contributed by atoms with Crippen LogP contribution in [0.1, 0.15) is 0 Å². The highest BCUT2D eigenvalue weighted by Gasteiger charge is 2.28. The number of hydrogen-bond acceptors (Lipinski definition) is 11. The van der Waals surface area contributed by atoms with Gasteiger partial charge in [-0.15, -0.1) is 0 Å². The van der Waals surface area contributed by atoms with Gasteiger partial charge in [0.2, 0.25) is 5.91 Å². The van der Waals surface area contributed by atoms with Crippen LogP contribution in [0, 0.1) is 0 Å². The molecule has 0 radical (unpaired) electrons. The minimum absolute atomic E-state index is 0.161. The van der Waals surface area contributed by atoms with Crippen LogP contribution >= 0.6 is 0 Å². The standard InChI is InChI=1S/C20H37N5O10/c26-13-15(28)9-21-20(35)16(14-27)25-7-5-23(11-18(31)32)3-1-22(10-17(29)30)2-4-24(6-8-25)12-19(33)34/h15-16,26-28H,1-14H2,(H,21,35)(H,29,30)(H,31,32)(H,33,34). The predicted octanol–water partition coefficient (Wildman–Crippen LogP) is -4.71. The van der Waals surface area contributed by atoms with E-state index >= 15 is 0 Å². The highest BCUT2D eigenvalue weighted by Crippen LogP contribution is 2.05. The summed E-state index contributed by atoms with van der Waals surface area (Å²) in [5.74, 6) is -3.80. The smallest absolute Gasteiger partial charge is 0.317 e. The van der Waals surface area contributed by atoms with Gasteiger partial charge in [-0.3, -0.25) is 38.8 Å². The van der Waals surface area contributed by atoms with Crippen LogP contribution < -0.4 is 5.32 Å². The van der Waals surface area contributed by atoms with Crippen molar-refractivity contribution in [1.29, 1.82) is 0 Å². The molecule has 202 valence electrons. The molecule has 0 aromatic carbocycles. The Morgan fingerprint density at radius 1 is 0.657 bits per heavy atom. The van der Waals surface area contributed by atoms with Crippen molar-refractivity contribution in [2.45, 2.75) is 12.1 Å². The minimum atomic E-state index is -1.17. The van der Waals surface area contributed by atoms with E-state index in [4.69, 9.17) is 5.11 Å². The van der Waals surface area contributed by atoms with Crippen LogP contribution in [0.4, 0.5) is 0 Å². The molecular formula is C20H37N5O10. The lowest BCUT2D eigenvalue weighted by atomic mass is 10.2. The second-order valence-corrected chi connectivity index (χ2v) is 8.33. The maximum Gasteiger partial charge on any atom is 0.317 e. The van der Waals surface area contributed by atoms with E-state index < -0.39 is 49.2 Å². The lowest BCUT2D eigenvalue weighted by Gasteiger charge is -2.35. The van der Waals surface area contributed by atoms with E-state index in [1.165, 1.54) is 0 Å². The number of carbonyl (C=O) groups is 4. The number of aliphatic hydroxyl groups excluding tert-OH is 3. The summed E-state index contributed by atoms with van der Waals surface area (Å²) in [6.45, 7) is -0.616. The largest absolute Gasteiger partial charge is 0.480 e. The molecule has 0 spiro atoms. The molecule has 0 bridgehead atoms. The number of rotatable bonds is 12. The Labute approximate surface area is 203 Å². The van der Waals surface area contributed by atoms with E-state index in [1.54, 1.807) is 19.6 Å². The molecule has 35 heavy (non-hydrogen) atoms. The number of amides is 1. The Morgan fingerprint density at radius 3 is 1.34 bits per heavy atom. The first-order valence-electron chi connectivity index (χ1n) is 11.3. The molecule has 0 saturated carbocycles. The average molecular weight is 508 g/mol. The molecule has 7 N–H and O–H groups in total. The molecule has 15 heteroatoms. The van der Waals surface area contributed by atoms with Gasteiger partial charge in [-0.1, -0.05) is 0 Å². The van der Waals surface area contributed by atoms with Crippen molar-refractivity contribution in [3.63, 3.8) is 0 Å². The second kappa shape index (κ2) is 16.3. The van der Waals surface area contributed by atoms with E-state index in [1.807, 2.05) is 0 Å². The number of aliphatic hydroxyl groups is 3. The monoisotopic (exact) mass is 507 g/mol. The van der Waals surface area contributed by atoms with Crippen LogP contribution in [-0.2, 0) is 19.2 Å². The zero-order chi connectivity index (χ0) is 26.4. The maximum atomic E-state index is 12.6. The normalized spacial score (nSPS) is 19.7. The highest BCUT2D eigenvalue weighted by atomic mass is 16.4. The fraction of sp³-hybridized carbons (Fsp3) is 0.800. The van der Waals surface area contributed by atoms with Gasteiger partial charge in [0.25, 0.3) is 0 Å². The topological polar surface area (TPSA) is 215 Å². The minimum Gasteiger partial charge on any atom is -0.480 e. The molecule has 0 aliphatic carbocycles. The van der Waals surface area contributed by atoms with Crippen molar-refractivity contribution in [3.8, 4) is 0 Å². The SMILES string of the molecule is O=C(O)CN1CCN(CC(=O)O)CCN(C(CO)C(=O)NCC(O)CO)CCN(CC(=O)O)CC1. The summed E-state index contributed by atoms with van der Waals surface area (Å²) in [4.78, 5) is 53.0. The fourth-order valence-corrected chi connectivity index (χ4v) is 3.68. The van der Waals surface area contributed by atoms with Crippen LogP contribution in [0.25, 0.3) is 0 Å². The van der Waals surface area contributed by atoms with Gasteiger partial charge in [0, 0.05) is 58.9 Å². The number of nitrogens with zero attached hydrogens (tertiary/aromatic N) is 4. The summed E-state index contributed by atoms with van der Waals surface area (Å²) in [5.41, 5.74) is 0. The molecule has 1 aliphatic rings. The quantitative estimate of drug-likeness (QED) is 0.132. The van der Waals surface area contributed by atoms with Gasteiger partial charge >= 0.3 is 17.9 Å². The van der Waals surface area contributed by atoms with Crippen molar-refractivity contribution < 1.29 is 49.8 Å². The van der Waals surface area contributed by atoms with E-state index in [-0.39, 0.29) is 78.5 Å². The summed E-state index contributed by atoms with van der Waals surface area (Å²) in [6, 6.07) is -1.05. The molecule has 1 saturated heterocycles. The lowest BCUT2D eigenvalue weighted by molar-refractivity contribution is -0.141. The summed E-state index contributed by atoms with van der Waals surface area (Å²) >= 11 is 0. The van der Waals surface area contributed by atoms with Crippen molar-refractivity contribution in [3.05, 3.63) is 0 Å². The predicted molar refractivity (Wildman–Crippen MR) is 121 cm³/mol. The van der Waals surface area contributed by atoms with Gasteiger partial charge in [-0.25, -0.2) is 0 Å². The Morgan fingerprint density at radius 2 is 1.03 bits per heavy atom. The summed E-state index contributed by atoms with van der Waals surface area (Å²) in [6.07, 6.45) is -1.17. The molecule has 1 rings (SSSR count). The third-order valence-corrected chi connectivity index (χ3v) is 5.59. The molecule has 2 unspecified atom stereocenters. The Kier molecular flexibility index (Phi) is 14.3. The number of nitrogens with one attached hydrogen (secondary N) is 1. The first kappa shape index (κ1) is 30.6. The Bertz CT molecular complexity index is 665. The zero-order valence-corrected chi connectivity index (χ0v) is 19.7. The van der Waals surface area contributed by atoms with Gasteiger partial charge in [-0.2, -0.15) is 0 Å². The van der Waals surface area contributed by atoms with Crippen LogP contribution in [0.2, 0.25) is 0 Å². The molecular weight excluding hydrogens is 470 g/mol. The Balaban J connectivity index is 3.08. The second-order valence-electron chi connectivity index (χ2n) is 8.33. The van der Waals surface area contributed by atoms with E-state index in [9.17, 15) is 44.7 Å². The maximum absolute atomic E-state index is 12.6. The first-order chi connectivity index (χ1) is 16.5. The van der Waals surface area contributed by atoms with Gasteiger partial charge < -0.3 is 36.0 Å². The molecule has 0 aromatic heterocycles. The van der Waals surface area contributed by atoms with E-state index in [0.717, 1.165) is 0 Å². The van der Waals surface area contributed by atoms with Crippen molar-refractivity contribution >= 4 is 23.8 Å². The van der Waals surface area contributed by atoms with Crippen LogP contribution in [-0.4, -0.2) is 178 Å². The average Bonchev–Trinajstić information content (AvgIpc) is 2.78. The molecule has 1 heterocycles. The molecule has 0 aromatic rings. The number of carbonyl (C=O) groups excluding carboxylic acids is 1.